The lowest BCUT2D eigenvalue weighted by Gasteiger charge is -2.14. The van der Waals surface area contributed by atoms with Crippen molar-refractivity contribution in [1.29, 1.82) is 0 Å². The van der Waals surface area contributed by atoms with E-state index in [1.165, 1.54) is 17.8 Å². The number of thioether (sulfide) groups is 1. The minimum Gasteiger partial charge on any atom is -0.595 e. The first-order valence-electron chi connectivity index (χ1n) is 7.14. The maximum Gasteiger partial charge on any atom is 0.212 e. The van der Waals surface area contributed by atoms with Crippen molar-refractivity contribution in [1.82, 2.24) is 14.9 Å². The Bertz CT molecular complexity index is 898. The molecule has 1 aliphatic heterocycles. The number of nitrogens with zero attached hydrogens (tertiary/aromatic N) is 3. The summed E-state index contributed by atoms with van der Waals surface area (Å²) in [5.41, 5.74) is 4.82. The molecule has 9 heteroatoms. The third kappa shape index (κ3) is 2.49. The zero-order valence-corrected chi connectivity index (χ0v) is 13.1. The molecule has 24 heavy (non-hydrogen) atoms. The highest BCUT2D eigenvalue weighted by Gasteiger charge is 2.29. The molecule has 2 aromatic carbocycles. The van der Waals surface area contributed by atoms with Gasteiger partial charge in [-0.2, -0.15) is 5.23 Å². The second-order valence-electron chi connectivity index (χ2n) is 5.21. The summed E-state index contributed by atoms with van der Waals surface area (Å²) in [4.78, 5) is 0. The van der Waals surface area contributed by atoms with Crippen molar-refractivity contribution in [3.8, 4) is 17.1 Å². The maximum atomic E-state index is 11.1. The van der Waals surface area contributed by atoms with E-state index >= 15 is 0 Å². The molecule has 122 valence electrons. The smallest absolute Gasteiger partial charge is 0.212 e. The second kappa shape index (κ2) is 5.80. The lowest BCUT2D eigenvalue weighted by Crippen LogP contribution is -2.99. The van der Waals surface area contributed by atoms with E-state index in [4.69, 9.17) is 5.21 Å². The average molecular weight is 343 g/mol. The molecule has 0 radical (unpaired) electrons. The van der Waals surface area contributed by atoms with Gasteiger partial charge in [-0.05, 0) is 6.07 Å². The normalized spacial score (nSPS) is 17.3. The zero-order chi connectivity index (χ0) is 16.7. The van der Waals surface area contributed by atoms with Gasteiger partial charge in [0, 0.05) is 23.3 Å². The first-order chi connectivity index (χ1) is 11.6. The summed E-state index contributed by atoms with van der Waals surface area (Å²) in [6.45, 7) is 0. The number of para-hydroxylation sites is 1. The molecule has 0 amide bonds. The number of phenolic OH excluding ortho intramolecular Hbond substituents is 1. The lowest BCUT2D eigenvalue weighted by atomic mass is 10.2. The standard InChI is InChI=1S/C15H13N5O3S/c21-12-7-2-1-6-11(12)14-18-19-13(16-17-15(19)24-14)9-4-3-5-10(8-9)20(22)23/h1-8,14,18,20-22H/t14-/m0/s1. The number of aromatic nitrogens is 3. The highest BCUT2D eigenvalue weighted by atomic mass is 32.2. The number of phenols is 1. The van der Waals surface area contributed by atoms with Crippen molar-refractivity contribution in [2.75, 3.05) is 5.43 Å². The Morgan fingerprint density at radius 1 is 1.17 bits per heavy atom. The van der Waals surface area contributed by atoms with Crippen LogP contribution in [0.5, 0.6) is 5.75 Å². The van der Waals surface area contributed by atoms with E-state index in [1.54, 1.807) is 35.0 Å². The van der Waals surface area contributed by atoms with E-state index in [9.17, 15) is 10.3 Å². The molecule has 4 rings (SSSR count). The fourth-order valence-corrected chi connectivity index (χ4v) is 3.56. The predicted octanol–water partition coefficient (Wildman–Crippen LogP) is 1.40. The van der Waals surface area contributed by atoms with Crippen LogP contribution in [0.4, 0.5) is 5.69 Å². The zero-order valence-electron chi connectivity index (χ0n) is 12.2. The first kappa shape index (κ1) is 15.0. The molecule has 0 aliphatic carbocycles. The lowest BCUT2D eigenvalue weighted by molar-refractivity contribution is -0.991. The molecule has 0 fully saturated rings. The van der Waals surface area contributed by atoms with Gasteiger partial charge in [-0.3, -0.25) is 0 Å². The van der Waals surface area contributed by atoms with Crippen LogP contribution in [0, 0.1) is 5.21 Å². The summed E-state index contributed by atoms with van der Waals surface area (Å²) >= 11 is 1.43. The van der Waals surface area contributed by atoms with Gasteiger partial charge in [-0.15, -0.1) is 10.2 Å². The Labute approximate surface area is 140 Å². The van der Waals surface area contributed by atoms with E-state index in [0.717, 1.165) is 5.56 Å². The number of fused-ring (bicyclic) bond motifs is 1. The summed E-state index contributed by atoms with van der Waals surface area (Å²) in [5, 5.41) is 38.0. The molecular formula is C15H13N5O3S. The van der Waals surface area contributed by atoms with Gasteiger partial charge in [0.1, 0.15) is 11.1 Å². The van der Waals surface area contributed by atoms with Gasteiger partial charge in [0.15, 0.2) is 11.5 Å². The number of hydrogen-bond acceptors (Lipinski definition) is 7. The minimum absolute atomic E-state index is 0.188. The van der Waals surface area contributed by atoms with Gasteiger partial charge in [0.05, 0.1) is 0 Å². The number of nitrogens with one attached hydrogen (secondary N) is 2. The molecule has 0 saturated carbocycles. The topological polar surface area (TPSA) is 111 Å². The largest absolute Gasteiger partial charge is 0.595 e. The van der Waals surface area contributed by atoms with Gasteiger partial charge in [-0.1, -0.05) is 42.1 Å². The number of benzene rings is 2. The van der Waals surface area contributed by atoms with Crippen molar-refractivity contribution >= 4 is 17.4 Å². The van der Waals surface area contributed by atoms with E-state index < -0.39 is 5.23 Å². The number of hydrogen-bond donors (Lipinski definition) is 4. The Morgan fingerprint density at radius 2 is 2.00 bits per heavy atom. The number of rotatable bonds is 3. The van der Waals surface area contributed by atoms with Crippen LogP contribution in [0.25, 0.3) is 11.4 Å². The quantitative estimate of drug-likeness (QED) is 0.532. The molecule has 1 aromatic heterocycles. The van der Waals surface area contributed by atoms with Gasteiger partial charge >= 0.3 is 0 Å². The molecule has 8 nitrogen and oxygen atoms in total. The SMILES string of the molecule is [O-][NH+](O)c1cccc(-c2nnc3n2N[C@H](c2ccccc2O)S3)c1. The highest BCUT2D eigenvalue weighted by molar-refractivity contribution is 7.99. The molecule has 1 unspecified atom stereocenters. The average Bonchev–Trinajstić information content (AvgIpc) is 3.15. The summed E-state index contributed by atoms with van der Waals surface area (Å²) in [5.74, 6) is 0.731. The monoisotopic (exact) mass is 343 g/mol. The summed E-state index contributed by atoms with van der Waals surface area (Å²) in [6.07, 6.45) is 0. The van der Waals surface area contributed by atoms with E-state index in [0.29, 0.717) is 16.5 Å². The van der Waals surface area contributed by atoms with Crippen molar-refractivity contribution in [3.63, 3.8) is 0 Å². The van der Waals surface area contributed by atoms with Gasteiger partial charge in [0.25, 0.3) is 0 Å². The fourth-order valence-electron chi connectivity index (χ4n) is 2.53. The summed E-state index contributed by atoms with van der Waals surface area (Å²) in [7, 11) is 0. The van der Waals surface area contributed by atoms with Crippen molar-refractivity contribution < 1.29 is 15.5 Å². The van der Waals surface area contributed by atoms with Crippen molar-refractivity contribution in [3.05, 3.63) is 59.3 Å². The molecule has 0 spiro atoms. The van der Waals surface area contributed by atoms with Gasteiger partial charge in [-0.25, -0.2) is 9.88 Å². The molecule has 1 aliphatic rings. The van der Waals surface area contributed by atoms with Crippen LogP contribution in [0.2, 0.25) is 0 Å². The Balaban J connectivity index is 1.68. The number of aromatic hydroxyl groups is 1. The fraction of sp³-hybridized carbons (Fsp3) is 0.0667. The Hall–Kier alpha value is -2.59. The molecule has 2 heterocycles. The van der Waals surface area contributed by atoms with E-state index in [-0.39, 0.29) is 16.8 Å². The second-order valence-corrected chi connectivity index (χ2v) is 6.29. The van der Waals surface area contributed by atoms with E-state index in [2.05, 4.69) is 15.6 Å². The summed E-state index contributed by atoms with van der Waals surface area (Å²) < 4.78 is 1.71. The Kier molecular flexibility index (Phi) is 3.62. The molecule has 4 N–H and O–H groups in total. The third-order valence-corrected chi connectivity index (χ3v) is 4.76. The maximum absolute atomic E-state index is 11.1. The van der Waals surface area contributed by atoms with Crippen LogP contribution in [0.3, 0.4) is 0 Å². The third-order valence-electron chi connectivity index (χ3n) is 3.69. The highest BCUT2D eigenvalue weighted by Crippen LogP contribution is 2.42. The first-order valence-corrected chi connectivity index (χ1v) is 8.01. The Morgan fingerprint density at radius 3 is 2.79 bits per heavy atom. The van der Waals surface area contributed by atoms with Gasteiger partial charge < -0.3 is 15.7 Å². The van der Waals surface area contributed by atoms with Crippen LogP contribution in [-0.4, -0.2) is 25.2 Å². The molecular weight excluding hydrogens is 330 g/mol. The van der Waals surface area contributed by atoms with Crippen molar-refractivity contribution in [2.24, 2.45) is 0 Å². The van der Waals surface area contributed by atoms with Crippen LogP contribution < -0.4 is 10.7 Å². The van der Waals surface area contributed by atoms with Crippen LogP contribution in [0.1, 0.15) is 10.9 Å². The van der Waals surface area contributed by atoms with Crippen LogP contribution in [-0.2, 0) is 0 Å². The minimum atomic E-state index is -0.993. The number of quaternary nitrogens is 1. The van der Waals surface area contributed by atoms with Gasteiger partial charge in [0.2, 0.25) is 5.16 Å². The van der Waals surface area contributed by atoms with Crippen LogP contribution in [0.15, 0.2) is 53.7 Å². The van der Waals surface area contributed by atoms with E-state index in [1.807, 2.05) is 12.1 Å². The molecule has 0 bridgehead atoms. The van der Waals surface area contributed by atoms with Crippen LogP contribution >= 0.6 is 11.8 Å². The molecule has 0 saturated heterocycles. The predicted molar refractivity (Wildman–Crippen MR) is 87.3 cm³/mol. The van der Waals surface area contributed by atoms with Crippen molar-refractivity contribution in [2.45, 2.75) is 10.5 Å². The molecule has 2 atom stereocenters. The summed E-state index contributed by atoms with van der Waals surface area (Å²) in [6, 6.07) is 13.6. The molecule has 3 aromatic rings.